The summed E-state index contributed by atoms with van der Waals surface area (Å²) in [5.41, 5.74) is 2.28. The highest BCUT2D eigenvalue weighted by molar-refractivity contribution is 7.80. The van der Waals surface area contributed by atoms with Gasteiger partial charge < -0.3 is 9.84 Å². The molecule has 0 bridgehead atoms. The average Bonchev–Trinajstić information content (AvgIpc) is 2.54. The molecule has 0 aliphatic carbocycles. The highest BCUT2D eigenvalue weighted by Crippen LogP contribution is 2.24. The van der Waals surface area contributed by atoms with E-state index in [1.165, 1.54) is 0 Å². The maximum absolute atomic E-state index is 11.4. The largest absolute Gasteiger partial charge is 0.507 e. The van der Waals surface area contributed by atoms with E-state index < -0.39 is 0 Å². The molecule has 0 atom stereocenters. The van der Waals surface area contributed by atoms with Crippen LogP contribution in [0, 0.1) is 13.8 Å². The van der Waals surface area contributed by atoms with Crippen molar-refractivity contribution in [2.24, 2.45) is 0 Å². The zero-order valence-electron chi connectivity index (χ0n) is 9.40. The summed E-state index contributed by atoms with van der Waals surface area (Å²) in [6, 6.07) is 3.54. The van der Waals surface area contributed by atoms with E-state index in [1.807, 2.05) is 0 Å². The minimum Gasteiger partial charge on any atom is -0.507 e. The lowest BCUT2D eigenvalue weighted by Crippen LogP contribution is -2.18. The Morgan fingerprint density at radius 2 is 1.94 bits per heavy atom. The number of phenolic OH excluding ortho intramolecular Hbond substituents is 1. The predicted molar refractivity (Wildman–Crippen MR) is 67.4 cm³/mol. The average molecular weight is 249 g/mol. The molecule has 1 aliphatic rings. The van der Waals surface area contributed by atoms with Crippen LogP contribution in [0.4, 0.5) is 0 Å². The van der Waals surface area contributed by atoms with Gasteiger partial charge in [-0.05, 0) is 61.0 Å². The van der Waals surface area contributed by atoms with Gasteiger partial charge in [0.1, 0.15) is 5.75 Å². The zero-order valence-corrected chi connectivity index (χ0v) is 10.2. The van der Waals surface area contributed by atoms with E-state index in [-0.39, 0.29) is 22.6 Å². The summed E-state index contributed by atoms with van der Waals surface area (Å²) < 4.78 is 5.06. The van der Waals surface area contributed by atoms with E-state index in [1.54, 1.807) is 32.1 Å². The second-order valence-corrected chi connectivity index (χ2v) is 4.23. The molecule has 1 aromatic rings. The number of nitrogens with one attached hydrogen (secondary N) is 1. The van der Waals surface area contributed by atoms with Crippen LogP contribution in [0.25, 0.3) is 6.08 Å². The molecule has 4 nitrogen and oxygen atoms in total. The Morgan fingerprint density at radius 3 is 2.41 bits per heavy atom. The molecule has 0 spiro atoms. The number of aryl methyl sites for hydroxylation is 2. The van der Waals surface area contributed by atoms with Gasteiger partial charge in [-0.1, -0.05) is 0 Å². The molecule has 2 rings (SSSR count). The zero-order chi connectivity index (χ0) is 12.6. The van der Waals surface area contributed by atoms with Crippen LogP contribution in [-0.4, -0.2) is 16.2 Å². The number of carbonyl (C=O) groups excluding carboxylic acids is 1. The van der Waals surface area contributed by atoms with Crippen molar-refractivity contribution < 1.29 is 14.6 Å². The van der Waals surface area contributed by atoms with Gasteiger partial charge >= 0.3 is 0 Å². The van der Waals surface area contributed by atoms with E-state index >= 15 is 0 Å². The third-order valence-electron chi connectivity index (χ3n) is 2.45. The summed E-state index contributed by atoms with van der Waals surface area (Å²) in [6.07, 6.45) is 1.59. The van der Waals surface area contributed by atoms with Crippen LogP contribution in [0.3, 0.4) is 0 Å². The first kappa shape index (κ1) is 11.6. The van der Waals surface area contributed by atoms with Crippen LogP contribution in [0.5, 0.6) is 5.75 Å². The van der Waals surface area contributed by atoms with Crippen LogP contribution in [0.2, 0.25) is 0 Å². The van der Waals surface area contributed by atoms with Crippen molar-refractivity contribution in [1.29, 1.82) is 0 Å². The molecular formula is C12H11NO3S. The van der Waals surface area contributed by atoms with Crippen molar-refractivity contribution >= 4 is 29.4 Å². The van der Waals surface area contributed by atoms with Crippen molar-refractivity contribution in [2.75, 3.05) is 0 Å². The topological polar surface area (TPSA) is 58.6 Å². The summed E-state index contributed by atoms with van der Waals surface area (Å²) >= 11 is 4.73. The Morgan fingerprint density at radius 1 is 1.35 bits per heavy atom. The van der Waals surface area contributed by atoms with Crippen molar-refractivity contribution in [1.82, 2.24) is 5.32 Å². The first-order valence-electron chi connectivity index (χ1n) is 5.02. The van der Waals surface area contributed by atoms with Crippen molar-refractivity contribution in [3.63, 3.8) is 0 Å². The molecular weight excluding hydrogens is 238 g/mol. The fourth-order valence-electron chi connectivity index (χ4n) is 1.65. The summed E-state index contributed by atoms with van der Waals surface area (Å²) in [7, 11) is 0. The Bertz CT molecular complexity index is 526. The molecule has 1 aliphatic heterocycles. The lowest BCUT2D eigenvalue weighted by molar-refractivity contribution is -0.116. The predicted octanol–water partition coefficient (Wildman–Crippen LogP) is 1.78. The molecule has 0 radical (unpaired) electrons. The smallest absolute Gasteiger partial charge is 0.294 e. The minimum absolute atomic E-state index is 0.0634. The molecule has 0 saturated carbocycles. The van der Waals surface area contributed by atoms with Gasteiger partial charge in [0, 0.05) is 0 Å². The molecule has 17 heavy (non-hydrogen) atoms. The Hall–Kier alpha value is -1.88. The maximum Gasteiger partial charge on any atom is 0.294 e. The summed E-state index contributed by atoms with van der Waals surface area (Å²) in [5, 5.41) is 12.1. The molecule has 1 fully saturated rings. The Balaban J connectivity index is 2.40. The van der Waals surface area contributed by atoms with Crippen LogP contribution in [0.15, 0.2) is 17.9 Å². The number of carbonyl (C=O) groups is 1. The molecule has 0 unspecified atom stereocenters. The monoisotopic (exact) mass is 249 g/mol. The number of ether oxygens (including phenoxy) is 1. The van der Waals surface area contributed by atoms with Gasteiger partial charge in [-0.15, -0.1) is 0 Å². The van der Waals surface area contributed by atoms with Gasteiger partial charge in [0.15, 0.2) is 5.76 Å². The number of benzene rings is 1. The molecule has 88 valence electrons. The molecule has 5 heteroatoms. The van der Waals surface area contributed by atoms with E-state index in [4.69, 9.17) is 17.0 Å². The second-order valence-electron chi connectivity index (χ2n) is 3.86. The highest BCUT2D eigenvalue weighted by Gasteiger charge is 2.23. The van der Waals surface area contributed by atoms with Gasteiger partial charge in [0.05, 0.1) is 0 Å². The fourth-order valence-corrected chi connectivity index (χ4v) is 1.83. The van der Waals surface area contributed by atoms with E-state index in [0.29, 0.717) is 0 Å². The van der Waals surface area contributed by atoms with E-state index in [9.17, 15) is 9.90 Å². The number of phenols is 1. The van der Waals surface area contributed by atoms with Gasteiger partial charge in [0.2, 0.25) is 0 Å². The standard InChI is InChI=1S/C12H11NO3S/c1-6-3-8(4-7(2)10(6)14)5-9-11(15)13-12(17)16-9/h3-5,14H,1-2H3,(H,13,15,17). The Labute approximate surface area is 104 Å². The molecule has 1 aromatic carbocycles. The maximum atomic E-state index is 11.4. The van der Waals surface area contributed by atoms with Crippen LogP contribution in [0.1, 0.15) is 16.7 Å². The van der Waals surface area contributed by atoms with Crippen LogP contribution >= 0.6 is 12.2 Å². The third-order valence-corrected chi connectivity index (χ3v) is 2.64. The summed E-state index contributed by atoms with van der Waals surface area (Å²) in [5.74, 6) is 0.0809. The molecule has 1 heterocycles. The van der Waals surface area contributed by atoms with Gasteiger partial charge in [-0.2, -0.15) is 0 Å². The van der Waals surface area contributed by atoms with Gasteiger partial charge in [-0.3, -0.25) is 10.1 Å². The number of thiocarbonyl (C=S) groups is 1. The summed E-state index contributed by atoms with van der Waals surface area (Å²) in [6.45, 7) is 3.59. The van der Waals surface area contributed by atoms with E-state index in [2.05, 4.69) is 5.32 Å². The van der Waals surface area contributed by atoms with E-state index in [0.717, 1.165) is 16.7 Å². The third kappa shape index (κ3) is 2.29. The van der Waals surface area contributed by atoms with Gasteiger partial charge in [-0.25, -0.2) is 0 Å². The minimum atomic E-state index is -0.349. The highest BCUT2D eigenvalue weighted by atomic mass is 32.1. The van der Waals surface area contributed by atoms with Crippen molar-refractivity contribution in [3.8, 4) is 5.75 Å². The molecule has 2 N–H and O–H groups in total. The van der Waals surface area contributed by atoms with Gasteiger partial charge in [0.25, 0.3) is 11.1 Å². The van der Waals surface area contributed by atoms with Crippen LogP contribution in [-0.2, 0) is 9.53 Å². The summed E-state index contributed by atoms with van der Waals surface area (Å²) in [4.78, 5) is 11.4. The first-order chi connectivity index (χ1) is 7.97. The number of hydrogen-bond acceptors (Lipinski definition) is 4. The Kier molecular flexibility index (Phi) is 2.85. The SMILES string of the molecule is Cc1cc(C=C2OC(=S)NC2=O)cc(C)c1O. The number of rotatable bonds is 1. The van der Waals surface area contributed by atoms with Crippen molar-refractivity contribution in [3.05, 3.63) is 34.6 Å². The molecule has 0 aromatic heterocycles. The lowest BCUT2D eigenvalue weighted by atomic mass is 10.1. The second kappa shape index (κ2) is 4.18. The normalized spacial score (nSPS) is 17.2. The van der Waals surface area contributed by atoms with Crippen LogP contribution < -0.4 is 5.32 Å². The number of amides is 1. The molecule has 1 amide bonds. The fraction of sp³-hybridized carbons (Fsp3) is 0.167. The van der Waals surface area contributed by atoms with Crippen molar-refractivity contribution in [2.45, 2.75) is 13.8 Å². The number of hydrogen-bond donors (Lipinski definition) is 2. The number of aromatic hydroxyl groups is 1. The quantitative estimate of drug-likeness (QED) is 0.588. The first-order valence-corrected chi connectivity index (χ1v) is 5.43. The lowest BCUT2D eigenvalue weighted by Gasteiger charge is -2.05. The molecule has 1 saturated heterocycles.